The van der Waals surface area contributed by atoms with E-state index in [0.717, 1.165) is 13.0 Å². The summed E-state index contributed by atoms with van der Waals surface area (Å²) >= 11 is 0. The normalized spacial score (nSPS) is 11.9. The first kappa shape index (κ1) is 15.7. The van der Waals surface area contributed by atoms with Gasteiger partial charge < -0.3 is 25.7 Å². The Balaban J connectivity index is 4.06. The molecular weight excluding hydrogens is 226 g/mol. The minimum atomic E-state index is -1.14. The molecule has 0 rings (SSSR count). The van der Waals surface area contributed by atoms with Crippen molar-refractivity contribution in [1.82, 2.24) is 15.5 Å². The summed E-state index contributed by atoms with van der Waals surface area (Å²) in [6.07, 6.45) is 0.795. The topological polar surface area (TPSA) is 102 Å². The van der Waals surface area contributed by atoms with E-state index in [1.54, 1.807) is 7.05 Å². The first-order valence-corrected chi connectivity index (χ1v) is 5.52. The molecule has 0 spiro atoms. The maximum Gasteiger partial charge on any atom is 0.326 e. The van der Waals surface area contributed by atoms with Crippen LogP contribution >= 0.6 is 0 Å². The van der Waals surface area contributed by atoms with Gasteiger partial charge in [0.05, 0.1) is 0 Å². The van der Waals surface area contributed by atoms with E-state index in [4.69, 9.17) is 10.2 Å². The molecule has 0 aliphatic rings. The molecule has 0 radical (unpaired) electrons. The van der Waals surface area contributed by atoms with Crippen molar-refractivity contribution >= 4 is 12.0 Å². The number of hydrogen-bond acceptors (Lipinski definition) is 4. The molecule has 7 heteroatoms. The van der Waals surface area contributed by atoms with Crippen molar-refractivity contribution in [1.29, 1.82) is 0 Å². The van der Waals surface area contributed by atoms with Crippen LogP contribution in [0.25, 0.3) is 0 Å². The Morgan fingerprint density at radius 2 is 2.06 bits per heavy atom. The summed E-state index contributed by atoms with van der Waals surface area (Å²) < 4.78 is 0. The number of carbonyl (C=O) groups excluding carboxylic acids is 1. The van der Waals surface area contributed by atoms with E-state index in [0.29, 0.717) is 6.54 Å². The third-order valence-corrected chi connectivity index (χ3v) is 2.28. The molecule has 0 aliphatic heterocycles. The molecule has 0 saturated heterocycles. The predicted molar refractivity (Wildman–Crippen MR) is 62.8 cm³/mol. The lowest BCUT2D eigenvalue weighted by molar-refractivity contribution is -0.139. The van der Waals surface area contributed by atoms with Crippen molar-refractivity contribution in [2.24, 2.45) is 0 Å². The number of urea groups is 1. The van der Waals surface area contributed by atoms with Gasteiger partial charge in [-0.1, -0.05) is 0 Å². The molecule has 0 fully saturated rings. The van der Waals surface area contributed by atoms with Gasteiger partial charge in [-0.15, -0.1) is 0 Å². The summed E-state index contributed by atoms with van der Waals surface area (Å²) in [5.74, 6) is -1.14. The van der Waals surface area contributed by atoms with Crippen LogP contribution in [-0.2, 0) is 4.79 Å². The molecule has 0 aliphatic carbocycles. The number of aliphatic hydroxyl groups is 1. The van der Waals surface area contributed by atoms with Crippen molar-refractivity contribution in [3.63, 3.8) is 0 Å². The Bertz CT molecular complexity index is 248. The van der Waals surface area contributed by atoms with Gasteiger partial charge in [-0.2, -0.15) is 0 Å². The Hall–Kier alpha value is -1.34. The molecule has 4 N–H and O–H groups in total. The average molecular weight is 247 g/mol. The first-order chi connectivity index (χ1) is 8.02. The van der Waals surface area contributed by atoms with Crippen LogP contribution in [0.2, 0.25) is 0 Å². The summed E-state index contributed by atoms with van der Waals surface area (Å²) in [5, 5.41) is 22.8. The molecule has 0 saturated carbocycles. The van der Waals surface area contributed by atoms with E-state index in [2.05, 4.69) is 10.6 Å². The van der Waals surface area contributed by atoms with Crippen molar-refractivity contribution in [3.8, 4) is 0 Å². The summed E-state index contributed by atoms with van der Waals surface area (Å²) in [6.45, 7) is 1.05. The fourth-order valence-corrected chi connectivity index (χ4v) is 1.24. The minimum Gasteiger partial charge on any atom is -0.480 e. The zero-order valence-electron chi connectivity index (χ0n) is 10.3. The fourth-order valence-electron chi connectivity index (χ4n) is 1.24. The molecule has 1 atom stereocenters. The van der Waals surface area contributed by atoms with Crippen LogP contribution in [0, 0.1) is 0 Å². The molecule has 100 valence electrons. The van der Waals surface area contributed by atoms with E-state index in [-0.39, 0.29) is 13.0 Å². The molecule has 17 heavy (non-hydrogen) atoms. The van der Waals surface area contributed by atoms with E-state index in [9.17, 15) is 9.59 Å². The second kappa shape index (κ2) is 8.77. The SMILES string of the molecule is CNCCCN(C)C(=O)N[C@@H](CCO)C(=O)O. The third-order valence-electron chi connectivity index (χ3n) is 2.28. The van der Waals surface area contributed by atoms with Crippen molar-refractivity contribution < 1.29 is 19.8 Å². The molecule has 0 aromatic heterocycles. The average Bonchev–Trinajstić information content (AvgIpc) is 2.28. The van der Waals surface area contributed by atoms with Gasteiger partial charge in [-0.05, 0) is 20.0 Å². The lowest BCUT2D eigenvalue weighted by Crippen LogP contribution is -2.47. The molecule has 0 heterocycles. The maximum atomic E-state index is 11.6. The molecule has 2 amide bonds. The smallest absolute Gasteiger partial charge is 0.326 e. The number of carboxylic acids is 1. The Morgan fingerprint density at radius 3 is 2.53 bits per heavy atom. The van der Waals surface area contributed by atoms with Crippen molar-refractivity contribution in [2.45, 2.75) is 18.9 Å². The lowest BCUT2D eigenvalue weighted by atomic mass is 10.2. The minimum absolute atomic E-state index is 0.00539. The van der Waals surface area contributed by atoms with Gasteiger partial charge in [-0.3, -0.25) is 0 Å². The zero-order chi connectivity index (χ0) is 13.3. The summed E-state index contributed by atoms with van der Waals surface area (Å²) in [6, 6.07) is -1.48. The van der Waals surface area contributed by atoms with Crippen LogP contribution in [0.15, 0.2) is 0 Å². The highest BCUT2D eigenvalue weighted by Gasteiger charge is 2.20. The fraction of sp³-hybridized carbons (Fsp3) is 0.800. The molecule has 0 aromatic carbocycles. The number of nitrogens with one attached hydrogen (secondary N) is 2. The molecule has 7 nitrogen and oxygen atoms in total. The Labute approximate surface area is 101 Å². The molecule has 0 aromatic rings. The van der Waals surface area contributed by atoms with Crippen molar-refractivity contribution in [3.05, 3.63) is 0 Å². The van der Waals surface area contributed by atoms with E-state index < -0.39 is 18.0 Å². The Kier molecular flexibility index (Phi) is 8.08. The van der Waals surface area contributed by atoms with Crippen LogP contribution < -0.4 is 10.6 Å². The quantitative estimate of drug-likeness (QED) is 0.415. The van der Waals surface area contributed by atoms with Crippen LogP contribution in [0.3, 0.4) is 0 Å². The highest BCUT2D eigenvalue weighted by Crippen LogP contribution is 1.95. The number of carboxylic acid groups (broad SMARTS) is 1. The molecular formula is C10H21N3O4. The number of nitrogens with zero attached hydrogens (tertiary/aromatic N) is 1. The number of rotatable bonds is 8. The van der Waals surface area contributed by atoms with Crippen LogP contribution in [0.4, 0.5) is 4.79 Å². The number of carbonyl (C=O) groups is 2. The summed E-state index contributed by atoms with van der Waals surface area (Å²) in [4.78, 5) is 23.8. The third kappa shape index (κ3) is 6.75. The van der Waals surface area contributed by atoms with Gasteiger partial charge >= 0.3 is 12.0 Å². The molecule has 0 bridgehead atoms. The largest absolute Gasteiger partial charge is 0.480 e. The van der Waals surface area contributed by atoms with E-state index >= 15 is 0 Å². The highest BCUT2D eigenvalue weighted by atomic mass is 16.4. The second-order valence-corrected chi connectivity index (χ2v) is 3.73. The van der Waals surface area contributed by atoms with Crippen LogP contribution in [-0.4, -0.2) is 66.9 Å². The van der Waals surface area contributed by atoms with Gasteiger partial charge in [-0.25, -0.2) is 9.59 Å². The zero-order valence-corrected chi connectivity index (χ0v) is 10.3. The summed E-state index contributed by atoms with van der Waals surface area (Å²) in [7, 11) is 3.42. The van der Waals surface area contributed by atoms with Gasteiger partial charge in [0.15, 0.2) is 0 Å². The Morgan fingerprint density at radius 1 is 1.41 bits per heavy atom. The lowest BCUT2D eigenvalue weighted by Gasteiger charge is -2.21. The first-order valence-electron chi connectivity index (χ1n) is 5.52. The van der Waals surface area contributed by atoms with E-state index in [1.165, 1.54) is 4.90 Å². The van der Waals surface area contributed by atoms with Gasteiger partial charge in [0, 0.05) is 26.6 Å². The monoisotopic (exact) mass is 247 g/mol. The van der Waals surface area contributed by atoms with E-state index in [1.807, 2.05) is 7.05 Å². The number of aliphatic carboxylic acids is 1. The van der Waals surface area contributed by atoms with Gasteiger partial charge in [0.2, 0.25) is 0 Å². The van der Waals surface area contributed by atoms with Crippen molar-refractivity contribution in [2.75, 3.05) is 33.8 Å². The highest BCUT2D eigenvalue weighted by molar-refractivity contribution is 5.82. The number of aliphatic hydroxyl groups excluding tert-OH is 1. The standard InChI is InChI=1S/C10H21N3O4/c1-11-5-3-6-13(2)10(17)12-8(4-7-14)9(15)16/h8,11,14H,3-7H2,1-2H3,(H,12,17)(H,15,16)/t8-/m0/s1. The summed E-state index contributed by atoms with van der Waals surface area (Å²) in [5.41, 5.74) is 0. The number of amides is 2. The number of hydrogen-bond donors (Lipinski definition) is 4. The maximum absolute atomic E-state index is 11.6. The second-order valence-electron chi connectivity index (χ2n) is 3.73. The van der Waals surface area contributed by atoms with Gasteiger partial charge in [0.1, 0.15) is 6.04 Å². The van der Waals surface area contributed by atoms with Crippen LogP contribution in [0.1, 0.15) is 12.8 Å². The predicted octanol–water partition coefficient (Wildman–Crippen LogP) is -0.927. The molecule has 0 unspecified atom stereocenters. The van der Waals surface area contributed by atoms with Gasteiger partial charge in [0.25, 0.3) is 0 Å². The van der Waals surface area contributed by atoms with Crippen LogP contribution in [0.5, 0.6) is 0 Å².